The van der Waals surface area contributed by atoms with Crippen LogP contribution in [0.15, 0.2) is 12.1 Å². The molecule has 5 nitrogen and oxygen atoms in total. The number of anilines is 2. The third-order valence-corrected chi connectivity index (χ3v) is 5.43. The number of carbonyl (C=O) groups excluding carboxylic acids is 1. The molecule has 1 amide bonds. The molecule has 0 saturated heterocycles. The third-order valence-electron chi connectivity index (χ3n) is 3.39. The van der Waals surface area contributed by atoms with E-state index in [9.17, 15) is 13.2 Å². The molecule has 0 aliphatic rings. The molecule has 0 spiro atoms. The van der Waals surface area contributed by atoms with Crippen LogP contribution in [-0.2, 0) is 14.6 Å². The van der Waals surface area contributed by atoms with Crippen LogP contribution in [0.25, 0.3) is 0 Å². The van der Waals surface area contributed by atoms with Crippen molar-refractivity contribution >= 4 is 27.1 Å². The number of hydrogen-bond donors (Lipinski definition) is 2. The number of carbonyl (C=O) groups is 1. The van der Waals surface area contributed by atoms with Gasteiger partial charge in [-0.25, -0.2) is 8.42 Å². The Morgan fingerprint density at radius 3 is 2.16 bits per heavy atom. The van der Waals surface area contributed by atoms with Crippen LogP contribution in [-0.4, -0.2) is 25.3 Å². The summed E-state index contributed by atoms with van der Waals surface area (Å²) in [6.07, 6.45) is 1.04. The predicted octanol–water partition coefficient (Wildman–Crippen LogP) is 1.65. The molecule has 0 heterocycles. The molecule has 0 unspecified atom stereocenters. The lowest BCUT2D eigenvalue weighted by atomic mass is 10.1. The Labute approximate surface area is 114 Å². The van der Waals surface area contributed by atoms with Crippen LogP contribution in [0.2, 0.25) is 0 Å². The number of amides is 1. The van der Waals surface area contributed by atoms with E-state index in [2.05, 4.69) is 5.32 Å². The van der Waals surface area contributed by atoms with Gasteiger partial charge in [-0.1, -0.05) is 0 Å². The smallest absolute Gasteiger partial charge is 0.245 e. The Hall–Kier alpha value is -1.56. The van der Waals surface area contributed by atoms with Gasteiger partial charge in [-0.05, 0) is 51.0 Å². The molecule has 1 aromatic rings. The Kier molecular flexibility index (Phi) is 3.95. The van der Waals surface area contributed by atoms with Crippen molar-refractivity contribution in [2.75, 3.05) is 17.3 Å². The Balaban J connectivity index is 3.11. The fraction of sp³-hybridized carbons (Fsp3) is 0.462. The van der Waals surface area contributed by atoms with E-state index in [0.29, 0.717) is 11.4 Å². The highest BCUT2D eigenvalue weighted by Gasteiger charge is 2.38. The van der Waals surface area contributed by atoms with E-state index in [4.69, 9.17) is 5.73 Å². The van der Waals surface area contributed by atoms with Gasteiger partial charge in [-0.3, -0.25) is 4.79 Å². The first-order chi connectivity index (χ1) is 8.46. The van der Waals surface area contributed by atoms with Gasteiger partial charge in [0, 0.05) is 6.26 Å². The first-order valence-electron chi connectivity index (χ1n) is 5.84. The van der Waals surface area contributed by atoms with Crippen molar-refractivity contribution in [3.05, 3.63) is 23.3 Å². The van der Waals surface area contributed by atoms with Crippen LogP contribution in [0, 0.1) is 13.8 Å². The van der Waals surface area contributed by atoms with Gasteiger partial charge in [0.2, 0.25) is 5.91 Å². The molecular formula is C13H20N2O3S. The number of rotatable bonds is 3. The highest BCUT2D eigenvalue weighted by Crippen LogP contribution is 2.25. The second-order valence-electron chi connectivity index (χ2n) is 5.26. The number of sulfone groups is 1. The van der Waals surface area contributed by atoms with Crippen molar-refractivity contribution in [3.63, 3.8) is 0 Å². The van der Waals surface area contributed by atoms with Crippen LogP contribution in [0.5, 0.6) is 0 Å². The highest BCUT2D eigenvalue weighted by atomic mass is 32.2. The molecule has 0 atom stereocenters. The SMILES string of the molecule is Cc1cc(N)c(NC(=O)C(C)(C)S(C)(=O)=O)cc1C. The Bertz CT molecular complexity index is 619. The van der Waals surface area contributed by atoms with Gasteiger partial charge in [-0.2, -0.15) is 0 Å². The zero-order valence-electron chi connectivity index (χ0n) is 11.9. The molecule has 0 radical (unpaired) electrons. The summed E-state index contributed by atoms with van der Waals surface area (Å²) >= 11 is 0. The van der Waals surface area contributed by atoms with E-state index in [1.54, 1.807) is 12.1 Å². The van der Waals surface area contributed by atoms with E-state index < -0.39 is 20.5 Å². The summed E-state index contributed by atoms with van der Waals surface area (Å²) in [6, 6.07) is 3.49. The van der Waals surface area contributed by atoms with E-state index in [1.807, 2.05) is 13.8 Å². The summed E-state index contributed by atoms with van der Waals surface area (Å²) in [4.78, 5) is 12.1. The molecule has 0 aliphatic carbocycles. The Morgan fingerprint density at radius 1 is 1.21 bits per heavy atom. The number of nitrogens with two attached hydrogens (primary N) is 1. The molecule has 19 heavy (non-hydrogen) atoms. The summed E-state index contributed by atoms with van der Waals surface area (Å²) in [5.74, 6) is -0.593. The summed E-state index contributed by atoms with van der Waals surface area (Å²) < 4.78 is 21.7. The number of aryl methyl sites for hydroxylation is 2. The highest BCUT2D eigenvalue weighted by molar-refractivity contribution is 7.92. The topological polar surface area (TPSA) is 89.3 Å². The molecule has 0 fully saturated rings. The Morgan fingerprint density at radius 2 is 1.68 bits per heavy atom. The van der Waals surface area contributed by atoms with E-state index >= 15 is 0 Å². The summed E-state index contributed by atoms with van der Waals surface area (Å²) in [5.41, 5.74) is 8.66. The maximum Gasteiger partial charge on any atom is 0.245 e. The first-order valence-corrected chi connectivity index (χ1v) is 7.73. The predicted molar refractivity (Wildman–Crippen MR) is 77.9 cm³/mol. The van der Waals surface area contributed by atoms with Gasteiger partial charge >= 0.3 is 0 Å². The third kappa shape index (κ3) is 3.07. The minimum Gasteiger partial charge on any atom is -0.397 e. The summed E-state index contributed by atoms with van der Waals surface area (Å²) in [7, 11) is -3.51. The fourth-order valence-corrected chi connectivity index (χ4v) is 1.78. The molecule has 1 rings (SSSR count). The van der Waals surface area contributed by atoms with Crippen molar-refractivity contribution < 1.29 is 13.2 Å². The second kappa shape index (κ2) is 4.85. The number of nitrogen functional groups attached to an aromatic ring is 1. The van der Waals surface area contributed by atoms with Crippen LogP contribution in [0.1, 0.15) is 25.0 Å². The number of benzene rings is 1. The largest absolute Gasteiger partial charge is 0.397 e. The number of nitrogens with one attached hydrogen (secondary N) is 1. The monoisotopic (exact) mass is 284 g/mol. The van der Waals surface area contributed by atoms with Crippen molar-refractivity contribution in [2.24, 2.45) is 0 Å². The lowest BCUT2D eigenvalue weighted by Crippen LogP contribution is -2.44. The lowest BCUT2D eigenvalue weighted by Gasteiger charge is -2.22. The average Bonchev–Trinajstić information content (AvgIpc) is 2.24. The summed E-state index contributed by atoms with van der Waals surface area (Å²) in [6.45, 7) is 6.55. The van der Waals surface area contributed by atoms with Crippen LogP contribution in [0.4, 0.5) is 11.4 Å². The number of hydrogen-bond acceptors (Lipinski definition) is 4. The second-order valence-corrected chi connectivity index (χ2v) is 7.83. The van der Waals surface area contributed by atoms with E-state index in [1.165, 1.54) is 13.8 Å². The van der Waals surface area contributed by atoms with Crippen LogP contribution in [0.3, 0.4) is 0 Å². The molecule has 106 valence electrons. The maximum absolute atomic E-state index is 12.1. The van der Waals surface area contributed by atoms with E-state index in [0.717, 1.165) is 17.4 Å². The zero-order valence-corrected chi connectivity index (χ0v) is 12.7. The molecule has 0 bridgehead atoms. The minimum atomic E-state index is -3.51. The van der Waals surface area contributed by atoms with Crippen molar-refractivity contribution in [3.8, 4) is 0 Å². The van der Waals surface area contributed by atoms with Gasteiger partial charge in [0.25, 0.3) is 0 Å². The standard InChI is InChI=1S/C13H20N2O3S/c1-8-6-10(14)11(7-9(8)2)15-12(16)13(3,4)19(5,17)18/h6-7H,14H2,1-5H3,(H,15,16). The zero-order chi connectivity index (χ0) is 15.0. The van der Waals surface area contributed by atoms with Crippen molar-refractivity contribution in [1.29, 1.82) is 0 Å². The first kappa shape index (κ1) is 15.5. The molecule has 0 aromatic heterocycles. The van der Waals surface area contributed by atoms with Crippen LogP contribution < -0.4 is 11.1 Å². The van der Waals surface area contributed by atoms with Gasteiger partial charge in [0.05, 0.1) is 11.4 Å². The molecule has 6 heteroatoms. The molecule has 0 saturated carbocycles. The lowest BCUT2D eigenvalue weighted by molar-refractivity contribution is -0.117. The molecular weight excluding hydrogens is 264 g/mol. The normalized spacial score (nSPS) is 12.3. The van der Waals surface area contributed by atoms with E-state index in [-0.39, 0.29) is 0 Å². The van der Waals surface area contributed by atoms with Gasteiger partial charge in [-0.15, -0.1) is 0 Å². The molecule has 3 N–H and O–H groups in total. The molecule has 0 aliphatic heterocycles. The maximum atomic E-state index is 12.1. The quantitative estimate of drug-likeness (QED) is 0.826. The minimum absolute atomic E-state index is 0.417. The van der Waals surface area contributed by atoms with Crippen molar-refractivity contribution in [2.45, 2.75) is 32.4 Å². The average molecular weight is 284 g/mol. The van der Waals surface area contributed by atoms with Gasteiger partial charge in [0.15, 0.2) is 9.84 Å². The van der Waals surface area contributed by atoms with Gasteiger partial charge < -0.3 is 11.1 Å². The summed E-state index contributed by atoms with van der Waals surface area (Å²) in [5, 5.41) is 2.58. The fourth-order valence-electron chi connectivity index (χ4n) is 1.39. The van der Waals surface area contributed by atoms with Crippen molar-refractivity contribution in [1.82, 2.24) is 0 Å². The van der Waals surface area contributed by atoms with Gasteiger partial charge in [0.1, 0.15) is 4.75 Å². The molecule has 1 aromatic carbocycles. The van der Waals surface area contributed by atoms with Crippen LogP contribution >= 0.6 is 0 Å².